The van der Waals surface area contributed by atoms with Crippen LogP contribution in [0.2, 0.25) is 0 Å². The molecule has 1 N–H and O–H groups in total. The van der Waals surface area contributed by atoms with Crippen LogP contribution >= 0.6 is 0 Å². The molecule has 1 fully saturated rings. The van der Waals surface area contributed by atoms with Crippen LogP contribution in [0.4, 0.5) is 0 Å². The number of benzene rings is 1. The Morgan fingerprint density at radius 1 is 1.15 bits per heavy atom. The largest absolute Gasteiger partial charge is 0.493 e. The molecular formula is C21H26O5. The van der Waals surface area contributed by atoms with Crippen molar-refractivity contribution in [3.8, 4) is 11.5 Å². The molecular weight excluding hydrogens is 332 g/mol. The first-order chi connectivity index (χ1) is 12.4. The van der Waals surface area contributed by atoms with Gasteiger partial charge in [0, 0.05) is 11.3 Å². The third kappa shape index (κ3) is 2.45. The molecule has 0 aliphatic heterocycles. The lowest BCUT2D eigenvalue weighted by atomic mass is 9.70. The lowest BCUT2D eigenvalue weighted by molar-refractivity contribution is -0.128. The van der Waals surface area contributed by atoms with Crippen molar-refractivity contribution < 1.29 is 24.1 Å². The number of Topliss-reactive ketones (excluding diaryl/α,β-unsaturated/α-hetero) is 1. The molecule has 140 valence electrons. The number of aliphatic hydroxyl groups is 1. The van der Waals surface area contributed by atoms with Crippen molar-refractivity contribution in [2.75, 3.05) is 21.3 Å². The first kappa shape index (κ1) is 18.5. The van der Waals surface area contributed by atoms with E-state index in [0.717, 1.165) is 5.56 Å². The monoisotopic (exact) mass is 358 g/mol. The highest BCUT2D eigenvalue weighted by Crippen LogP contribution is 2.61. The number of rotatable bonds is 6. The van der Waals surface area contributed by atoms with Gasteiger partial charge in [0.2, 0.25) is 5.78 Å². The first-order valence-electron chi connectivity index (χ1n) is 8.77. The molecule has 5 heteroatoms. The van der Waals surface area contributed by atoms with Gasteiger partial charge in [0.15, 0.2) is 17.3 Å². The number of carbonyl (C=O) groups is 1. The zero-order valence-electron chi connectivity index (χ0n) is 15.7. The van der Waals surface area contributed by atoms with E-state index in [2.05, 4.69) is 13.5 Å². The summed E-state index contributed by atoms with van der Waals surface area (Å²) in [6.07, 6.45) is 3.41. The molecule has 0 radical (unpaired) electrons. The summed E-state index contributed by atoms with van der Waals surface area (Å²) in [4.78, 5) is 12.9. The first-order valence-corrected chi connectivity index (χ1v) is 8.77. The van der Waals surface area contributed by atoms with Gasteiger partial charge in [-0.3, -0.25) is 4.79 Å². The van der Waals surface area contributed by atoms with Crippen molar-refractivity contribution in [1.29, 1.82) is 0 Å². The molecule has 1 aromatic carbocycles. The van der Waals surface area contributed by atoms with E-state index < -0.39 is 17.4 Å². The van der Waals surface area contributed by atoms with Gasteiger partial charge in [-0.15, -0.1) is 6.58 Å². The van der Waals surface area contributed by atoms with E-state index in [1.54, 1.807) is 20.3 Å². The van der Waals surface area contributed by atoms with Crippen LogP contribution in [0.3, 0.4) is 0 Å². The van der Waals surface area contributed by atoms with Gasteiger partial charge in [-0.2, -0.15) is 0 Å². The van der Waals surface area contributed by atoms with Gasteiger partial charge >= 0.3 is 0 Å². The maximum atomic E-state index is 12.9. The second-order valence-corrected chi connectivity index (χ2v) is 7.08. The van der Waals surface area contributed by atoms with Gasteiger partial charge < -0.3 is 19.3 Å². The molecule has 0 spiro atoms. The standard InChI is InChI=1S/C21H26O5/c1-6-9-21-11-16(26-5)19(22)18(20(21)23)17(12(21)2)13-7-8-14(24-3)15(10-13)25-4/h6-8,10-12,17-18,20,23H,1,9H2,2-5H3/t12-,17+,18-,20-,21+/m1/s1. The highest BCUT2D eigenvalue weighted by atomic mass is 16.5. The molecule has 1 saturated carbocycles. The van der Waals surface area contributed by atoms with Gasteiger partial charge in [-0.05, 0) is 36.1 Å². The highest BCUT2D eigenvalue weighted by Gasteiger charge is 2.62. The summed E-state index contributed by atoms with van der Waals surface area (Å²) < 4.78 is 16.1. The number of methoxy groups -OCH3 is 3. The fraction of sp³-hybridized carbons (Fsp3) is 0.476. The minimum Gasteiger partial charge on any atom is -0.493 e. The van der Waals surface area contributed by atoms with E-state index in [1.165, 1.54) is 7.11 Å². The van der Waals surface area contributed by atoms with E-state index in [0.29, 0.717) is 23.7 Å². The molecule has 2 aliphatic carbocycles. The Balaban J connectivity index is 2.13. The quantitative estimate of drug-likeness (QED) is 0.792. The predicted octanol–water partition coefficient (Wildman–Crippen LogP) is 3.09. The second kappa shape index (κ2) is 6.80. The Bertz CT molecular complexity index is 753. The van der Waals surface area contributed by atoms with Crippen molar-refractivity contribution in [1.82, 2.24) is 0 Å². The van der Waals surface area contributed by atoms with Gasteiger partial charge in [-0.25, -0.2) is 0 Å². The molecule has 2 aliphatic rings. The van der Waals surface area contributed by atoms with Crippen molar-refractivity contribution in [2.24, 2.45) is 17.3 Å². The summed E-state index contributed by atoms with van der Waals surface area (Å²) in [5, 5.41) is 11.1. The normalized spacial score (nSPS) is 32.8. The molecule has 1 aromatic rings. The average Bonchev–Trinajstić information content (AvgIpc) is 2.80. The van der Waals surface area contributed by atoms with Crippen LogP contribution in [0.15, 0.2) is 42.7 Å². The van der Waals surface area contributed by atoms with Crippen LogP contribution in [-0.4, -0.2) is 38.3 Å². The molecule has 5 atom stereocenters. The number of aliphatic hydroxyl groups excluding tert-OH is 1. The molecule has 2 bridgehead atoms. The number of allylic oxidation sites excluding steroid dienone is 2. The highest BCUT2D eigenvalue weighted by molar-refractivity contribution is 5.98. The van der Waals surface area contributed by atoms with Crippen LogP contribution in [0.1, 0.15) is 24.8 Å². The molecule has 0 saturated heterocycles. The summed E-state index contributed by atoms with van der Waals surface area (Å²) in [6, 6.07) is 5.68. The number of hydrogen-bond donors (Lipinski definition) is 1. The number of ketones is 1. The van der Waals surface area contributed by atoms with Crippen molar-refractivity contribution >= 4 is 5.78 Å². The number of carbonyl (C=O) groups excluding carboxylic acids is 1. The summed E-state index contributed by atoms with van der Waals surface area (Å²) in [6.45, 7) is 5.93. The van der Waals surface area contributed by atoms with E-state index >= 15 is 0 Å². The lowest BCUT2D eigenvalue weighted by Gasteiger charge is -2.36. The van der Waals surface area contributed by atoms with Crippen LogP contribution in [-0.2, 0) is 9.53 Å². The van der Waals surface area contributed by atoms with Gasteiger partial charge in [0.1, 0.15) is 0 Å². The summed E-state index contributed by atoms with van der Waals surface area (Å²) in [5.74, 6) is 0.742. The Morgan fingerprint density at radius 3 is 2.42 bits per heavy atom. The zero-order valence-corrected chi connectivity index (χ0v) is 15.7. The molecule has 26 heavy (non-hydrogen) atoms. The Morgan fingerprint density at radius 2 is 1.85 bits per heavy atom. The minimum absolute atomic E-state index is 0.0233. The van der Waals surface area contributed by atoms with Crippen LogP contribution in [0.5, 0.6) is 11.5 Å². The SMILES string of the molecule is C=CC[C@]12C=C(OC)C(=O)[C@@H]([C@H](c3ccc(OC)c(OC)c3)[C@H]1C)[C@H]2O. The van der Waals surface area contributed by atoms with E-state index in [1.807, 2.05) is 24.3 Å². The molecule has 3 rings (SSSR count). The fourth-order valence-corrected chi connectivity index (χ4v) is 4.78. The van der Waals surface area contributed by atoms with E-state index in [-0.39, 0.29) is 17.6 Å². The fourth-order valence-electron chi connectivity index (χ4n) is 4.78. The van der Waals surface area contributed by atoms with E-state index in [9.17, 15) is 9.90 Å². The maximum absolute atomic E-state index is 12.9. The minimum atomic E-state index is -0.778. The summed E-state index contributed by atoms with van der Waals surface area (Å²) in [5.41, 5.74) is 0.382. The van der Waals surface area contributed by atoms with Gasteiger partial charge in [0.25, 0.3) is 0 Å². The molecule has 5 nitrogen and oxygen atoms in total. The van der Waals surface area contributed by atoms with Crippen molar-refractivity contribution in [3.63, 3.8) is 0 Å². The third-order valence-corrected chi connectivity index (χ3v) is 6.12. The molecule has 0 unspecified atom stereocenters. The van der Waals surface area contributed by atoms with Crippen LogP contribution in [0, 0.1) is 17.3 Å². The Hall–Kier alpha value is -2.27. The second-order valence-electron chi connectivity index (χ2n) is 7.08. The molecule has 0 heterocycles. The number of ether oxygens (including phenoxy) is 3. The van der Waals surface area contributed by atoms with Crippen LogP contribution in [0.25, 0.3) is 0 Å². The smallest absolute Gasteiger partial charge is 0.203 e. The van der Waals surface area contributed by atoms with Gasteiger partial charge in [-0.1, -0.05) is 19.1 Å². The topological polar surface area (TPSA) is 65.0 Å². The number of hydrogen-bond acceptors (Lipinski definition) is 5. The van der Waals surface area contributed by atoms with Gasteiger partial charge in [0.05, 0.1) is 33.4 Å². The third-order valence-electron chi connectivity index (χ3n) is 6.12. The van der Waals surface area contributed by atoms with E-state index in [4.69, 9.17) is 14.2 Å². The maximum Gasteiger partial charge on any atom is 0.203 e. The van der Waals surface area contributed by atoms with Crippen molar-refractivity contribution in [2.45, 2.75) is 25.4 Å². The summed E-state index contributed by atoms with van der Waals surface area (Å²) in [7, 11) is 4.67. The lowest BCUT2D eigenvalue weighted by Crippen LogP contribution is -2.42. The Kier molecular flexibility index (Phi) is 4.84. The number of fused-ring (bicyclic) bond motifs is 2. The van der Waals surface area contributed by atoms with Crippen LogP contribution < -0.4 is 9.47 Å². The zero-order chi connectivity index (χ0) is 19.1. The predicted molar refractivity (Wildman–Crippen MR) is 98.3 cm³/mol. The summed E-state index contributed by atoms with van der Waals surface area (Å²) >= 11 is 0. The average molecular weight is 358 g/mol. The molecule has 0 amide bonds. The molecule has 0 aromatic heterocycles. The Labute approximate surface area is 154 Å². The van der Waals surface area contributed by atoms with Crippen molar-refractivity contribution in [3.05, 3.63) is 48.3 Å².